The van der Waals surface area contributed by atoms with E-state index in [0.717, 1.165) is 26.9 Å². The van der Waals surface area contributed by atoms with Gasteiger partial charge in [0.2, 0.25) is 18.3 Å². The van der Waals surface area contributed by atoms with Crippen molar-refractivity contribution in [3.63, 3.8) is 0 Å². The van der Waals surface area contributed by atoms with Crippen LogP contribution in [0.5, 0.6) is 5.75 Å². The van der Waals surface area contributed by atoms with Crippen LogP contribution in [-0.2, 0) is 11.4 Å². The van der Waals surface area contributed by atoms with Gasteiger partial charge in [-0.25, -0.2) is 4.98 Å². The zero-order chi connectivity index (χ0) is 20.9. The molecule has 0 fully saturated rings. The molecule has 6 heteroatoms. The lowest BCUT2D eigenvalue weighted by Crippen LogP contribution is -2.27. The summed E-state index contributed by atoms with van der Waals surface area (Å²) in [6, 6.07) is 22.4. The van der Waals surface area contributed by atoms with Crippen LogP contribution in [0.25, 0.3) is 22.6 Å². The van der Waals surface area contributed by atoms with E-state index in [0.29, 0.717) is 23.5 Å². The minimum absolute atomic E-state index is 0.341. The Morgan fingerprint density at radius 3 is 2.47 bits per heavy atom. The van der Waals surface area contributed by atoms with E-state index >= 15 is 0 Å². The van der Waals surface area contributed by atoms with Crippen molar-refractivity contribution >= 4 is 28.5 Å². The van der Waals surface area contributed by atoms with Gasteiger partial charge in [-0.15, -0.1) is 0 Å². The number of benzene rings is 2. The van der Waals surface area contributed by atoms with Crippen molar-refractivity contribution in [2.24, 2.45) is 5.73 Å². The van der Waals surface area contributed by atoms with Crippen LogP contribution in [0.2, 0.25) is 0 Å². The Hall–Kier alpha value is -4.19. The molecule has 2 aromatic heterocycles. The van der Waals surface area contributed by atoms with Crippen molar-refractivity contribution in [1.29, 1.82) is 0 Å². The van der Waals surface area contributed by atoms with Gasteiger partial charge in [0.25, 0.3) is 0 Å². The van der Waals surface area contributed by atoms with E-state index in [9.17, 15) is 10.0 Å². The Bertz CT molecular complexity index is 1220. The predicted molar refractivity (Wildman–Crippen MR) is 113 cm³/mol. The highest BCUT2D eigenvalue weighted by Gasteiger charge is 2.10. The Labute approximate surface area is 173 Å². The van der Waals surface area contributed by atoms with Gasteiger partial charge in [0.05, 0.1) is 11.2 Å². The fraction of sp³-hybridized carbons (Fsp3) is 0.0417. The molecule has 0 atom stereocenters. The normalized spacial score (nSPS) is 11.4. The van der Waals surface area contributed by atoms with Gasteiger partial charge >= 0.3 is 0 Å². The maximum Gasteiger partial charge on any atom is 0.249 e. The smallest absolute Gasteiger partial charge is 0.249 e. The van der Waals surface area contributed by atoms with Crippen LogP contribution < -0.4 is 15.2 Å². The minimum Gasteiger partial charge on any atom is -0.487 e. The summed E-state index contributed by atoms with van der Waals surface area (Å²) < 4.78 is 6.77. The van der Waals surface area contributed by atoms with Gasteiger partial charge in [0.1, 0.15) is 12.4 Å². The number of hydrogen-bond donors (Lipinski definition) is 2. The van der Waals surface area contributed by atoms with Gasteiger partial charge in [0.15, 0.2) is 0 Å². The first-order chi connectivity index (χ1) is 14.6. The highest BCUT2D eigenvalue weighted by Crippen LogP contribution is 2.22. The third-order valence-electron chi connectivity index (χ3n) is 4.62. The Morgan fingerprint density at radius 2 is 1.73 bits per heavy atom. The van der Waals surface area contributed by atoms with E-state index in [1.165, 1.54) is 12.4 Å². The standard InChI is InChI=1S/C24H19N3O3/c25-24(28)22(15-17-11-13-27(29)14-12-17)18-6-9-21(10-7-18)30-16-20-8-5-19-3-1-2-4-23(19)26-20/h1-15H,16H2,(H2-,25,28,29)/p+1. The second-order valence-electron chi connectivity index (χ2n) is 6.74. The van der Waals surface area contributed by atoms with Crippen molar-refractivity contribution in [3.05, 3.63) is 102 Å². The van der Waals surface area contributed by atoms with E-state index in [1.807, 2.05) is 36.4 Å². The first kappa shape index (κ1) is 19.1. The molecule has 6 nitrogen and oxygen atoms in total. The van der Waals surface area contributed by atoms with E-state index in [1.54, 1.807) is 42.5 Å². The number of amides is 1. The molecule has 0 saturated heterocycles. The highest BCUT2D eigenvalue weighted by atomic mass is 16.5. The Balaban J connectivity index is 1.49. The zero-order valence-corrected chi connectivity index (χ0v) is 16.1. The number of nitrogens with two attached hydrogens (primary N) is 1. The number of carbonyl (C=O) groups is 1. The lowest BCUT2D eigenvalue weighted by molar-refractivity contribution is -0.904. The topological polar surface area (TPSA) is 89.3 Å². The van der Waals surface area contributed by atoms with Crippen LogP contribution in [0.3, 0.4) is 0 Å². The molecule has 0 unspecified atom stereocenters. The molecular formula is C24H20N3O3+. The van der Waals surface area contributed by atoms with Crippen LogP contribution >= 0.6 is 0 Å². The van der Waals surface area contributed by atoms with Crippen molar-refractivity contribution in [2.75, 3.05) is 0 Å². The summed E-state index contributed by atoms with van der Waals surface area (Å²) in [5.41, 5.74) is 9.12. The first-order valence-electron chi connectivity index (χ1n) is 9.38. The number of primary amides is 1. The fourth-order valence-electron chi connectivity index (χ4n) is 3.07. The van der Waals surface area contributed by atoms with Crippen LogP contribution in [0, 0.1) is 0 Å². The molecule has 0 aliphatic carbocycles. The van der Waals surface area contributed by atoms with Gasteiger partial charge in [-0.1, -0.05) is 36.4 Å². The van der Waals surface area contributed by atoms with Gasteiger partial charge in [-0.05, 0) is 41.5 Å². The molecule has 1 amide bonds. The number of aromatic nitrogens is 2. The second kappa shape index (κ2) is 8.45. The number of fused-ring (bicyclic) bond motifs is 1. The molecule has 0 aliphatic rings. The quantitative estimate of drug-likeness (QED) is 0.296. The monoisotopic (exact) mass is 398 g/mol. The summed E-state index contributed by atoms with van der Waals surface area (Å²) >= 11 is 0. The summed E-state index contributed by atoms with van der Waals surface area (Å²) in [5, 5.41) is 10.4. The molecule has 4 aromatic rings. The number of carbonyl (C=O) groups excluding carboxylic acids is 1. The summed E-state index contributed by atoms with van der Waals surface area (Å²) in [7, 11) is 0. The van der Waals surface area contributed by atoms with Gasteiger partial charge in [-0.3, -0.25) is 10.0 Å². The van der Waals surface area contributed by atoms with Crippen molar-refractivity contribution < 1.29 is 19.5 Å². The number of pyridine rings is 2. The largest absolute Gasteiger partial charge is 0.487 e. The molecule has 30 heavy (non-hydrogen) atoms. The maximum atomic E-state index is 11.9. The fourth-order valence-corrected chi connectivity index (χ4v) is 3.07. The highest BCUT2D eigenvalue weighted by molar-refractivity contribution is 6.23. The van der Waals surface area contributed by atoms with E-state index in [-0.39, 0.29) is 0 Å². The molecule has 4 rings (SSSR count). The lowest BCUT2D eigenvalue weighted by Gasteiger charge is -2.09. The number of hydrogen-bond acceptors (Lipinski definition) is 4. The molecule has 0 saturated carbocycles. The average Bonchev–Trinajstić information content (AvgIpc) is 2.77. The van der Waals surface area contributed by atoms with Gasteiger partial charge in [-0.2, -0.15) is 0 Å². The molecule has 3 N–H and O–H groups in total. The SMILES string of the molecule is NC(=O)C(=Cc1cc[n+](O)cc1)c1ccc(OCc2ccc3ccccc3n2)cc1. The zero-order valence-electron chi connectivity index (χ0n) is 16.1. The third-order valence-corrected chi connectivity index (χ3v) is 4.62. The molecule has 2 heterocycles. The van der Waals surface area contributed by atoms with Crippen LogP contribution in [0.4, 0.5) is 0 Å². The van der Waals surface area contributed by atoms with E-state index in [2.05, 4.69) is 4.98 Å². The van der Waals surface area contributed by atoms with Crippen molar-refractivity contribution in [1.82, 2.24) is 4.98 Å². The van der Waals surface area contributed by atoms with Crippen molar-refractivity contribution in [2.45, 2.75) is 6.61 Å². The molecule has 2 aromatic carbocycles. The molecular weight excluding hydrogens is 378 g/mol. The molecule has 0 aliphatic heterocycles. The number of nitrogens with zero attached hydrogens (tertiary/aromatic N) is 2. The van der Waals surface area contributed by atoms with E-state index < -0.39 is 5.91 Å². The summed E-state index contributed by atoms with van der Waals surface area (Å²) in [4.78, 5) is 16.5. The predicted octanol–water partition coefficient (Wildman–Crippen LogP) is 3.36. The van der Waals surface area contributed by atoms with Crippen LogP contribution in [0.15, 0.2) is 85.2 Å². The second-order valence-corrected chi connectivity index (χ2v) is 6.74. The Kier molecular flexibility index (Phi) is 5.39. The lowest BCUT2D eigenvalue weighted by atomic mass is 10.0. The molecule has 0 bridgehead atoms. The van der Waals surface area contributed by atoms with Gasteiger partial charge < -0.3 is 10.5 Å². The van der Waals surface area contributed by atoms with E-state index in [4.69, 9.17) is 10.5 Å². The van der Waals surface area contributed by atoms with Crippen molar-refractivity contribution in [3.8, 4) is 5.75 Å². The maximum absolute atomic E-state index is 11.9. The Morgan fingerprint density at radius 1 is 1.00 bits per heavy atom. The average molecular weight is 398 g/mol. The number of rotatable bonds is 6. The summed E-state index contributed by atoms with van der Waals surface area (Å²) in [6.07, 6.45) is 4.63. The first-order valence-corrected chi connectivity index (χ1v) is 9.38. The summed E-state index contributed by atoms with van der Waals surface area (Å²) in [6.45, 7) is 0.341. The van der Waals surface area contributed by atoms with Gasteiger partial charge in [0, 0.05) is 27.8 Å². The number of ether oxygens (including phenoxy) is 1. The molecule has 0 radical (unpaired) electrons. The van der Waals surface area contributed by atoms with Crippen LogP contribution in [0.1, 0.15) is 16.8 Å². The molecule has 0 spiro atoms. The summed E-state index contributed by atoms with van der Waals surface area (Å²) in [5.74, 6) is 0.128. The van der Waals surface area contributed by atoms with Crippen LogP contribution in [-0.4, -0.2) is 16.1 Å². The molecule has 148 valence electrons. The third kappa shape index (κ3) is 4.44. The number of para-hydroxylation sites is 1. The minimum atomic E-state index is -0.537.